The van der Waals surface area contributed by atoms with Crippen LogP contribution in [0.25, 0.3) is 0 Å². The van der Waals surface area contributed by atoms with Crippen LogP contribution in [0.3, 0.4) is 0 Å². The lowest BCUT2D eigenvalue weighted by Gasteiger charge is -2.22. The number of rotatable bonds is 8. The van der Waals surface area contributed by atoms with Crippen molar-refractivity contribution in [3.63, 3.8) is 0 Å². The summed E-state index contributed by atoms with van der Waals surface area (Å²) < 4.78 is 5.19. The van der Waals surface area contributed by atoms with E-state index in [0.717, 1.165) is 18.5 Å². The number of amides is 1. The summed E-state index contributed by atoms with van der Waals surface area (Å²) in [6.45, 7) is 11.3. The van der Waals surface area contributed by atoms with Gasteiger partial charge in [0.25, 0.3) is 0 Å². The summed E-state index contributed by atoms with van der Waals surface area (Å²) in [5.41, 5.74) is -0.712. The van der Waals surface area contributed by atoms with Crippen LogP contribution in [0.4, 0.5) is 4.79 Å². The molecule has 0 bridgehead atoms. The fourth-order valence-corrected chi connectivity index (χ4v) is 2.26. The zero-order valence-electron chi connectivity index (χ0n) is 17.5. The Hall–Kier alpha value is -1.55. The fraction of sp³-hybridized carbons (Fsp3) is 0.600. The third-order valence-corrected chi connectivity index (χ3v) is 3.60. The van der Waals surface area contributed by atoms with Crippen LogP contribution in [0.1, 0.15) is 46.6 Å². The highest BCUT2D eigenvalue weighted by Gasteiger charge is 2.22. The van der Waals surface area contributed by atoms with Crippen LogP contribution in [-0.4, -0.2) is 48.9 Å². The predicted octanol–water partition coefficient (Wildman–Crippen LogP) is 2.98. The number of nitrogens with zero attached hydrogens (tertiary/aromatic N) is 1. The van der Waals surface area contributed by atoms with Crippen molar-refractivity contribution in [1.29, 1.82) is 0 Å². The first-order valence-corrected chi connectivity index (χ1v) is 9.41. The van der Waals surface area contributed by atoms with E-state index in [2.05, 4.69) is 20.9 Å². The van der Waals surface area contributed by atoms with E-state index in [4.69, 9.17) is 4.74 Å². The molecule has 160 valence electrons. The zero-order valence-corrected chi connectivity index (χ0v) is 19.9. The summed E-state index contributed by atoms with van der Waals surface area (Å²) in [6, 6.07) is 9.49. The molecule has 0 aliphatic carbocycles. The normalized spacial score (nSPS) is 13.7. The molecule has 8 heteroatoms. The first-order chi connectivity index (χ1) is 12.6. The number of benzene rings is 1. The molecule has 1 aromatic carbocycles. The number of alkyl carbamates (subject to hydrolysis) is 1. The van der Waals surface area contributed by atoms with E-state index in [1.807, 2.05) is 58.0 Å². The summed E-state index contributed by atoms with van der Waals surface area (Å²) in [4.78, 5) is 16.1. The van der Waals surface area contributed by atoms with Gasteiger partial charge in [-0.2, -0.15) is 0 Å². The molecule has 1 unspecified atom stereocenters. The van der Waals surface area contributed by atoms with Gasteiger partial charge in [0.05, 0.1) is 6.54 Å². The minimum Gasteiger partial charge on any atom is -0.444 e. The van der Waals surface area contributed by atoms with Crippen molar-refractivity contribution in [2.24, 2.45) is 4.99 Å². The second kappa shape index (κ2) is 12.8. The van der Waals surface area contributed by atoms with Gasteiger partial charge in [0.15, 0.2) is 5.96 Å². The van der Waals surface area contributed by atoms with E-state index < -0.39 is 17.3 Å². The van der Waals surface area contributed by atoms with Crippen LogP contribution >= 0.6 is 24.0 Å². The minimum absolute atomic E-state index is 0. The highest BCUT2D eigenvalue weighted by Crippen LogP contribution is 2.20. The second-order valence-corrected chi connectivity index (χ2v) is 7.54. The molecule has 0 fully saturated rings. The van der Waals surface area contributed by atoms with Crippen molar-refractivity contribution in [3.05, 3.63) is 35.9 Å². The maximum absolute atomic E-state index is 11.6. The summed E-state index contributed by atoms with van der Waals surface area (Å²) in [5, 5.41) is 19.7. The average molecular weight is 506 g/mol. The molecule has 0 aliphatic heterocycles. The largest absolute Gasteiger partial charge is 0.444 e. The van der Waals surface area contributed by atoms with Gasteiger partial charge in [-0.1, -0.05) is 30.3 Å². The van der Waals surface area contributed by atoms with Crippen LogP contribution < -0.4 is 16.0 Å². The van der Waals surface area contributed by atoms with E-state index in [1.165, 1.54) is 0 Å². The summed E-state index contributed by atoms with van der Waals surface area (Å²) in [5.74, 6) is 0.631. The lowest BCUT2D eigenvalue weighted by atomic mass is 9.96. The molecule has 1 aromatic rings. The maximum Gasteiger partial charge on any atom is 0.407 e. The molecule has 1 rings (SSSR count). The van der Waals surface area contributed by atoms with Crippen molar-refractivity contribution in [2.45, 2.75) is 52.2 Å². The van der Waals surface area contributed by atoms with Gasteiger partial charge in [0.1, 0.15) is 11.2 Å². The van der Waals surface area contributed by atoms with E-state index in [-0.39, 0.29) is 30.5 Å². The topological polar surface area (TPSA) is 95.0 Å². The number of carbonyl (C=O) groups excluding carboxylic acids is 1. The maximum atomic E-state index is 11.6. The molecule has 1 atom stereocenters. The Labute approximate surface area is 185 Å². The summed E-state index contributed by atoms with van der Waals surface area (Å²) in [6.07, 6.45) is 0.306. The molecular weight excluding hydrogens is 471 g/mol. The van der Waals surface area contributed by atoms with Crippen LogP contribution in [-0.2, 0) is 10.3 Å². The van der Waals surface area contributed by atoms with E-state index in [1.54, 1.807) is 6.92 Å². The Morgan fingerprint density at radius 3 is 2.25 bits per heavy atom. The number of carbonyl (C=O) groups is 1. The number of hydrogen-bond acceptors (Lipinski definition) is 4. The molecule has 7 nitrogen and oxygen atoms in total. The Morgan fingerprint density at radius 1 is 1.07 bits per heavy atom. The van der Waals surface area contributed by atoms with Crippen LogP contribution in [0.15, 0.2) is 35.3 Å². The standard InChI is InChI=1S/C20H34N4O3.HI/c1-6-21-17(22-13-10-14-23-18(25)27-19(2,3)4)24-15-20(5,26)16-11-8-7-9-12-16;/h7-9,11-12,26H,6,10,13-15H2,1-5H3,(H,23,25)(H2,21,22,24);1H. The molecule has 0 saturated carbocycles. The molecule has 1 amide bonds. The number of hydrogen-bond donors (Lipinski definition) is 4. The van der Waals surface area contributed by atoms with Crippen LogP contribution in [0.5, 0.6) is 0 Å². The molecule has 0 saturated heterocycles. The monoisotopic (exact) mass is 506 g/mol. The van der Waals surface area contributed by atoms with Crippen molar-refractivity contribution >= 4 is 36.0 Å². The number of halogens is 1. The average Bonchev–Trinajstić information content (AvgIpc) is 2.58. The van der Waals surface area contributed by atoms with Crippen molar-refractivity contribution in [1.82, 2.24) is 16.0 Å². The quantitative estimate of drug-likeness (QED) is 0.188. The number of ether oxygens (including phenoxy) is 1. The molecule has 0 aliphatic rings. The highest BCUT2D eigenvalue weighted by molar-refractivity contribution is 14.0. The zero-order chi connectivity index (χ0) is 20.3. The Balaban J connectivity index is 0.00000729. The van der Waals surface area contributed by atoms with Gasteiger partial charge in [0.2, 0.25) is 0 Å². The summed E-state index contributed by atoms with van der Waals surface area (Å²) in [7, 11) is 0. The smallest absolute Gasteiger partial charge is 0.407 e. The Morgan fingerprint density at radius 2 is 1.68 bits per heavy atom. The van der Waals surface area contributed by atoms with Gasteiger partial charge in [-0.3, -0.25) is 0 Å². The summed E-state index contributed by atoms with van der Waals surface area (Å²) >= 11 is 0. The molecule has 0 aromatic heterocycles. The van der Waals surface area contributed by atoms with Gasteiger partial charge >= 0.3 is 6.09 Å². The molecule has 28 heavy (non-hydrogen) atoms. The third kappa shape index (κ3) is 11.3. The first kappa shape index (κ1) is 26.4. The van der Waals surface area contributed by atoms with Gasteiger partial charge in [0, 0.05) is 19.6 Å². The van der Waals surface area contributed by atoms with E-state index >= 15 is 0 Å². The first-order valence-electron chi connectivity index (χ1n) is 9.41. The molecule has 0 spiro atoms. The van der Waals surface area contributed by atoms with Gasteiger partial charge in [-0.15, -0.1) is 24.0 Å². The van der Waals surface area contributed by atoms with Gasteiger partial charge in [-0.25, -0.2) is 9.79 Å². The molecule has 4 N–H and O–H groups in total. The second-order valence-electron chi connectivity index (χ2n) is 7.54. The number of aliphatic hydroxyl groups is 1. The van der Waals surface area contributed by atoms with Crippen molar-refractivity contribution in [2.75, 3.05) is 26.2 Å². The van der Waals surface area contributed by atoms with Crippen molar-refractivity contribution in [3.8, 4) is 0 Å². The fourth-order valence-electron chi connectivity index (χ4n) is 2.26. The van der Waals surface area contributed by atoms with E-state index in [9.17, 15) is 9.90 Å². The molecule has 0 heterocycles. The minimum atomic E-state index is -1.04. The SMILES string of the molecule is CCNC(=NCC(C)(O)c1ccccc1)NCCCNC(=O)OC(C)(C)C.I. The number of guanidine groups is 1. The number of aliphatic imine (C=N–C) groups is 1. The molecule has 0 radical (unpaired) electrons. The Bertz CT molecular complexity index is 601. The predicted molar refractivity (Wildman–Crippen MR) is 124 cm³/mol. The van der Waals surface area contributed by atoms with Crippen molar-refractivity contribution < 1.29 is 14.6 Å². The Kier molecular flexibility index (Phi) is 12.1. The van der Waals surface area contributed by atoms with Crippen LogP contribution in [0.2, 0.25) is 0 Å². The van der Waals surface area contributed by atoms with Gasteiger partial charge in [-0.05, 0) is 46.6 Å². The molecular formula is C20H35IN4O3. The highest BCUT2D eigenvalue weighted by atomic mass is 127. The lowest BCUT2D eigenvalue weighted by molar-refractivity contribution is 0.0527. The lowest BCUT2D eigenvalue weighted by Crippen LogP contribution is -2.40. The third-order valence-electron chi connectivity index (χ3n) is 3.60. The van der Waals surface area contributed by atoms with Gasteiger partial charge < -0.3 is 25.8 Å². The van der Waals surface area contributed by atoms with Crippen LogP contribution in [0, 0.1) is 0 Å². The van der Waals surface area contributed by atoms with E-state index in [0.29, 0.717) is 19.0 Å². The number of nitrogens with one attached hydrogen (secondary N) is 3.